The summed E-state index contributed by atoms with van der Waals surface area (Å²) in [6.45, 7) is 12.5. The normalized spacial score (nSPS) is 15.4. The SMILES string of the molecule is Cc1sc2nc(CN3CCN(c4nccn(CC(C)C)c4=O)CC3)[nH]c(=O)c2c1C. The third-order valence-corrected chi connectivity index (χ3v) is 6.69. The van der Waals surface area contributed by atoms with E-state index in [9.17, 15) is 9.59 Å². The fraction of sp³-hybridized carbons (Fsp3) is 0.524. The van der Waals surface area contributed by atoms with Crippen LogP contribution in [-0.2, 0) is 13.1 Å². The molecular weight excluding hydrogens is 400 g/mol. The number of rotatable bonds is 5. The van der Waals surface area contributed by atoms with E-state index in [4.69, 9.17) is 0 Å². The van der Waals surface area contributed by atoms with E-state index in [0.717, 1.165) is 41.5 Å². The second-order valence-corrected chi connectivity index (χ2v) is 9.54. The lowest BCUT2D eigenvalue weighted by molar-refractivity contribution is 0.243. The van der Waals surface area contributed by atoms with Crippen molar-refractivity contribution in [1.29, 1.82) is 0 Å². The summed E-state index contributed by atoms with van der Waals surface area (Å²) in [5.41, 5.74) is 0.927. The Kier molecular flexibility index (Phi) is 5.75. The first-order chi connectivity index (χ1) is 14.3. The molecule has 1 aliphatic heterocycles. The van der Waals surface area contributed by atoms with Gasteiger partial charge >= 0.3 is 0 Å². The fourth-order valence-electron chi connectivity index (χ4n) is 3.89. The summed E-state index contributed by atoms with van der Waals surface area (Å²) in [6.07, 6.45) is 3.47. The fourth-order valence-corrected chi connectivity index (χ4v) is 4.94. The Balaban J connectivity index is 1.45. The summed E-state index contributed by atoms with van der Waals surface area (Å²) in [7, 11) is 0. The number of piperazine rings is 1. The molecule has 0 aliphatic carbocycles. The van der Waals surface area contributed by atoms with Crippen molar-refractivity contribution in [3.05, 3.63) is 49.4 Å². The van der Waals surface area contributed by atoms with E-state index in [1.807, 2.05) is 13.8 Å². The molecule has 0 aromatic carbocycles. The predicted molar refractivity (Wildman–Crippen MR) is 121 cm³/mol. The Morgan fingerprint density at radius 1 is 1.17 bits per heavy atom. The third kappa shape index (κ3) is 4.04. The summed E-state index contributed by atoms with van der Waals surface area (Å²) in [4.78, 5) is 43.5. The standard InChI is InChI=1S/C21H28N6O2S/c1-13(2)11-27-6-5-22-18(21(27)29)26-9-7-25(8-10-26)12-16-23-19(28)17-14(3)15(4)30-20(17)24-16/h5-6,13H,7-12H2,1-4H3,(H,23,24,28). The van der Waals surface area contributed by atoms with Gasteiger partial charge in [-0.2, -0.15) is 0 Å². The van der Waals surface area contributed by atoms with Crippen LogP contribution in [0.5, 0.6) is 0 Å². The van der Waals surface area contributed by atoms with E-state index in [2.05, 4.69) is 38.6 Å². The molecule has 1 saturated heterocycles. The molecule has 3 aromatic heterocycles. The highest BCUT2D eigenvalue weighted by atomic mass is 32.1. The zero-order chi connectivity index (χ0) is 21.4. The molecule has 0 saturated carbocycles. The Labute approximate surface area is 179 Å². The van der Waals surface area contributed by atoms with E-state index in [1.165, 1.54) is 0 Å². The van der Waals surface area contributed by atoms with E-state index in [-0.39, 0.29) is 11.1 Å². The molecule has 0 atom stereocenters. The number of nitrogens with zero attached hydrogens (tertiary/aromatic N) is 5. The van der Waals surface area contributed by atoms with Gasteiger partial charge in [0.05, 0.1) is 11.9 Å². The Morgan fingerprint density at radius 2 is 1.90 bits per heavy atom. The van der Waals surface area contributed by atoms with Crippen LogP contribution in [-0.4, -0.2) is 50.6 Å². The molecule has 160 valence electrons. The monoisotopic (exact) mass is 428 g/mol. The van der Waals surface area contributed by atoms with Gasteiger partial charge in [0.1, 0.15) is 10.7 Å². The van der Waals surface area contributed by atoms with Gasteiger partial charge in [0.15, 0.2) is 5.82 Å². The second-order valence-electron chi connectivity index (χ2n) is 8.34. The number of hydrogen-bond acceptors (Lipinski definition) is 7. The van der Waals surface area contributed by atoms with Crippen LogP contribution in [0.15, 0.2) is 22.0 Å². The highest BCUT2D eigenvalue weighted by Gasteiger charge is 2.22. The van der Waals surface area contributed by atoms with Gasteiger partial charge in [0.25, 0.3) is 11.1 Å². The number of aromatic nitrogens is 4. The lowest BCUT2D eigenvalue weighted by Crippen LogP contribution is -2.48. The molecule has 1 aliphatic rings. The van der Waals surface area contributed by atoms with E-state index in [0.29, 0.717) is 36.0 Å². The van der Waals surface area contributed by atoms with E-state index >= 15 is 0 Å². The van der Waals surface area contributed by atoms with Crippen molar-refractivity contribution in [2.45, 2.75) is 40.8 Å². The summed E-state index contributed by atoms with van der Waals surface area (Å²) < 4.78 is 1.74. The molecule has 1 N–H and O–H groups in total. The first-order valence-electron chi connectivity index (χ1n) is 10.3. The number of anilines is 1. The molecule has 9 heteroatoms. The summed E-state index contributed by atoms with van der Waals surface area (Å²) in [5.74, 6) is 1.62. The largest absolute Gasteiger partial charge is 0.349 e. The highest BCUT2D eigenvalue weighted by Crippen LogP contribution is 2.25. The van der Waals surface area contributed by atoms with Crippen LogP contribution < -0.4 is 16.0 Å². The van der Waals surface area contributed by atoms with Crippen LogP contribution in [0.3, 0.4) is 0 Å². The minimum absolute atomic E-state index is 0.0282. The number of nitrogens with one attached hydrogen (secondary N) is 1. The second kappa shape index (κ2) is 8.31. The third-order valence-electron chi connectivity index (χ3n) is 5.59. The topological polar surface area (TPSA) is 87.1 Å². The van der Waals surface area contributed by atoms with Gasteiger partial charge in [-0.1, -0.05) is 13.8 Å². The van der Waals surface area contributed by atoms with Crippen LogP contribution in [0.1, 0.15) is 30.1 Å². The number of hydrogen-bond donors (Lipinski definition) is 1. The van der Waals surface area contributed by atoms with Crippen molar-refractivity contribution >= 4 is 27.4 Å². The Morgan fingerprint density at radius 3 is 2.60 bits per heavy atom. The van der Waals surface area contributed by atoms with Gasteiger partial charge in [0.2, 0.25) is 0 Å². The number of H-pyrrole nitrogens is 1. The van der Waals surface area contributed by atoms with Crippen molar-refractivity contribution in [1.82, 2.24) is 24.4 Å². The molecule has 8 nitrogen and oxygen atoms in total. The Hall–Kier alpha value is -2.52. The lowest BCUT2D eigenvalue weighted by Gasteiger charge is -2.34. The quantitative estimate of drug-likeness (QED) is 0.670. The van der Waals surface area contributed by atoms with Crippen LogP contribution in [0.25, 0.3) is 10.2 Å². The average molecular weight is 429 g/mol. The summed E-state index contributed by atoms with van der Waals surface area (Å²) in [6, 6.07) is 0. The van der Waals surface area contributed by atoms with Crippen LogP contribution in [0.2, 0.25) is 0 Å². The van der Waals surface area contributed by atoms with Crippen molar-refractivity contribution in [2.75, 3.05) is 31.1 Å². The maximum absolute atomic E-state index is 12.8. The zero-order valence-corrected chi connectivity index (χ0v) is 18.8. The van der Waals surface area contributed by atoms with Crippen LogP contribution in [0.4, 0.5) is 5.82 Å². The molecule has 0 spiro atoms. The van der Waals surface area contributed by atoms with Crippen LogP contribution >= 0.6 is 11.3 Å². The molecule has 0 radical (unpaired) electrons. The first kappa shape index (κ1) is 20.7. The summed E-state index contributed by atoms with van der Waals surface area (Å²) >= 11 is 1.57. The van der Waals surface area contributed by atoms with Gasteiger partial charge in [-0.25, -0.2) is 9.97 Å². The number of thiophene rings is 1. The van der Waals surface area contributed by atoms with Crippen molar-refractivity contribution in [3.63, 3.8) is 0 Å². The van der Waals surface area contributed by atoms with E-state index in [1.54, 1.807) is 28.3 Å². The number of aryl methyl sites for hydroxylation is 2. The molecule has 0 unspecified atom stereocenters. The average Bonchev–Trinajstić information content (AvgIpc) is 2.98. The molecule has 0 bridgehead atoms. The van der Waals surface area contributed by atoms with Crippen molar-refractivity contribution in [3.8, 4) is 0 Å². The molecule has 4 rings (SSSR count). The maximum Gasteiger partial charge on any atom is 0.293 e. The highest BCUT2D eigenvalue weighted by molar-refractivity contribution is 7.18. The van der Waals surface area contributed by atoms with E-state index < -0.39 is 0 Å². The first-order valence-corrected chi connectivity index (χ1v) is 11.2. The van der Waals surface area contributed by atoms with Gasteiger partial charge in [-0.05, 0) is 25.3 Å². The molecule has 30 heavy (non-hydrogen) atoms. The smallest absolute Gasteiger partial charge is 0.293 e. The van der Waals surface area contributed by atoms with Crippen molar-refractivity contribution in [2.24, 2.45) is 5.92 Å². The van der Waals surface area contributed by atoms with Crippen molar-refractivity contribution < 1.29 is 0 Å². The molecular formula is C21H28N6O2S. The van der Waals surface area contributed by atoms with Gasteiger partial charge < -0.3 is 14.5 Å². The van der Waals surface area contributed by atoms with Crippen LogP contribution in [0, 0.1) is 19.8 Å². The minimum Gasteiger partial charge on any atom is -0.349 e. The minimum atomic E-state index is -0.0605. The van der Waals surface area contributed by atoms with Gasteiger partial charge in [-0.15, -0.1) is 11.3 Å². The molecule has 3 aromatic rings. The van der Waals surface area contributed by atoms with Gasteiger partial charge in [0, 0.05) is 50.0 Å². The lowest BCUT2D eigenvalue weighted by atomic mass is 10.2. The molecule has 0 amide bonds. The maximum atomic E-state index is 12.8. The van der Waals surface area contributed by atoms with Gasteiger partial charge in [-0.3, -0.25) is 14.5 Å². The number of aromatic amines is 1. The summed E-state index contributed by atoms with van der Waals surface area (Å²) in [5, 5.41) is 0.707. The predicted octanol–water partition coefficient (Wildman–Crippen LogP) is 2.14. The molecule has 1 fully saturated rings. The number of fused-ring (bicyclic) bond motifs is 1. The zero-order valence-electron chi connectivity index (χ0n) is 17.9. The Bertz CT molecular complexity index is 1170. The molecule has 4 heterocycles.